The van der Waals surface area contributed by atoms with Gasteiger partial charge in [0.05, 0.1) is 7.11 Å². The third-order valence-corrected chi connectivity index (χ3v) is 3.10. The van der Waals surface area contributed by atoms with Gasteiger partial charge in [-0.25, -0.2) is 0 Å². The maximum Gasteiger partial charge on any atom is 0.190 e. The molecule has 0 saturated heterocycles. The predicted octanol–water partition coefficient (Wildman–Crippen LogP) is 3.07. The normalized spacial score (nSPS) is 11.0. The fraction of sp³-hybridized carbons (Fsp3) is 0.562. The van der Waals surface area contributed by atoms with Crippen molar-refractivity contribution in [2.75, 3.05) is 27.2 Å². The van der Waals surface area contributed by atoms with Crippen molar-refractivity contribution in [2.45, 2.75) is 26.7 Å². The van der Waals surface area contributed by atoms with E-state index in [1.807, 2.05) is 12.1 Å². The monoisotopic (exact) mass is 405 g/mol. The van der Waals surface area contributed by atoms with Crippen LogP contribution in [0.15, 0.2) is 29.3 Å². The number of guanidine groups is 1. The Morgan fingerprint density at radius 3 is 2.29 bits per heavy atom. The molecule has 0 fully saturated rings. The molecule has 5 heteroatoms. The summed E-state index contributed by atoms with van der Waals surface area (Å²) in [6.45, 7) is 6.27. The zero-order chi connectivity index (χ0) is 14.8. The molecule has 0 heterocycles. The highest BCUT2D eigenvalue weighted by molar-refractivity contribution is 14.0. The molecular formula is C16H28IN3O. The van der Waals surface area contributed by atoms with Gasteiger partial charge < -0.3 is 15.4 Å². The van der Waals surface area contributed by atoms with Gasteiger partial charge in [0.25, 0.3) is 0 Å². The van der Waals surface area contributed by atoms with Crippen LogP contribution in [0.5, 0.6) is 5.75 Å². The summed E-state index contributed by atoms with van der Waals surface area (Å²) in [6.07, 6.45) is 2.12. The number of aliphatic imine (C=N–C) groups is 1. The number of nitrogens with one attached hydrogen (secondary N) is 2. The van der Waals surface area contributed by atoms with Crippen LogP contribution in [-0.2, 0) is 6.42 Å². The van der Waals surface area contributed by atoms with Crippen LogP contribution in [-0.4, -0.2) is 33.2 Å². The minimum absolute atomic E-state index is 0. The molecule has 1 aromatic carbocycles. The van der Waals surface area contributed by atoms with Gasteiger partial charge in [0, 0.05) is 20.1 Å². The Morgan fingerprint density at radius 2 is 1.76 bits per heavy atom. The van der Waals surface area contributed by atoms with Crippen molar-refractivity contribution in [2.24, 2.45) is 10.9 Å². The Bertz CT molecular complexity index is 404. The Hall–Kier alpha value is -0.980. The van der Waals surface area contributed by atoms with Crippen LogP contribution in [0.25, 0.3) is 0 Å². The lowest BCUT2D eigenvalue weighted by atomic mass is 10.1. The van der Waals surface area contributed by atoms with E-state index in [0.29, 0.717) is 5.92 Å². The molecule has 0 amide bonds. The highest BCUT2D eigenvalue weighted by Gasteiger charge is 1.99. The molecule has 120 valence electrons. The third-order valence-electron chi connectivity index (χ3n) is 3.10. The fourth-order valence-electron chi connectivity index (χ4n) is 1.82. The molecule has 0 bridgehead atoms. The molecule has 0 atom stereocenters. The second-order valence-corrected chi connectivity index (χ2v) is 5.21. The van der Waals surface area contributed by atoms with Crippen molar-refractivity contribution in [1.82, 2.24) is 10.6 Å². The Kier molecular flexibility index (Phi) is 11.1. The van der Waals surface area contributed by atoms with Crippen molar-refractivity contribution in [3.05, 3.63) is 29.8 Å². The largest absolute Gasteiger partial charge is 0.497 e. The molecule has 0 aliphatic heterocycles. The van der Waals surface area contributed by atoms with E-state index < -0.39 is 0 Å². The first kappa shape index (κ1) is 20.0. The van der Waals surface area contributed by atoms with Crippen LogP contribution < -0.4 is 15.4 Å². The van der Waals surface area contributed by atoms with E-state index in [9.17, 15) is 0 Å². The van der Waals surface area contributed by atoms with Crippen LogP contribution in [0.4, 0.5) is 0 Å². The molecule has 0 radical (unpaired) electrons. The number of methoxy groups -OCH3 is 1. The molecule has 0 aromatic heterocycles. The van der Waals surface area contributed by atoms with Crippen molar-refractivity contribution in [1.29, 1.82) is 0 Å². The van der Waals surface area contributed by atoms with E-state index in [-0.39, 0.29) is 24.0 Å². The predicted molar refractivity (Wildman–Crippen MR) is 101 cm³/mol. The Morgan fingerprint density at radius 1 is 1.14 bits per heavy atom. The van der Waals surface area contributed by atoms with Crippen LogP contribution in [0.2, 0.25) is 0 Å². The average Bonchev–Trinajstić information content (AvgIpc) is 2.46. The Labute approximate surface area is 145 Å². The van der Waals surface area contributed by atoms with Gasteiger partial charge in [0.2, 0.25) is 0 Å². The van der Waals surface area contributed by atoms with Crippen molar-refractivity contribution in [3.63, 3.8) is 0 Å². The summed E-state index contributed by atoms with van der Waals surface area (Å²) in [6, 6.07) is 8.17. The van der Waals surface area contributed by atoms with Gasteiger partial charge in [-0.2, -0.15) is 0 Å². The maximum atomic E-state index is 5.15. The standard InChI is InChI=1S/C16H27N3O.HI/c1-13(2)9-11-18-16(17-3)19-12-10-14-5-7-15(20-4)8-6-14;/h5-8,13H,9-12H2,1-4H3,(H2,17,18,19);1H. The second-order valence-electron chi connectivity index (χ2n) is 5.21. The van der Waals surface area contributed by atoms with Gasteiger partial charge in [0.1, 0.15) is 5.75 Å². The van der Waals surface area contributed by atoms with E-state index >= 15 is 0 Å². The second kappa shape index (κ2) is 11.7. The van der Waals surface area contributed by atoms with Crippen molar-refractivity contribution >= 4 is 29.9 Å². The summed E-state index contributed by atoms with van der Waals surface area (Å²) >= 11 is 0. The van der Waals surface area contributed by atoms with E-state index in [1.165, 1.54) is 5.56 Å². The smallest absolute Gasteiger partial charge is 0.190 e. The molecule has 0 aliphatic carbocycles. The van der Waals surface area contributed by atoms with E-state index in [4.69, 9.17) is 4.74 Å². The molecule has 0 unspecified atom stereocenters. The summed E-state index contributed by atoms with van der Waals surface area (Å²) in [7, 11) is 3.49. The minimum Gasteiger partial charge on any atom is -0.497 e. The molecule has 1 aromatic rings. The van der Waals surface area contributed by atoms with E-state index in [2.05, 4.69) is 41.6 Å². The summed E-state index contributed by atoms with van der Waals surface area (Å²) in [4.78, 5) is 4.22. The first-order chi connectivity index (χ1) is 9.65. The molecular weight excluding hydrogens is 377 g/mol. The number of nitrogens with zero attached hydrogens (tertiary/aromatic N) is 1. The van der Waals surface area contributed by atoms with Gasteiger partial charge in [-0.15, -0.1) is 24.0 Å². The SMILES string of the molecule is CN=C(NCCc1ccc(OC)cc1)NCCC(C)C.I. The molecule has 4 nitrogen and oxygen atoms in total. The van der Waals surface area contributed by atoms with Crippen molar-refractivity contribution in [3.8, 4) is 5.75 Å². The topological polar surface area (TPSA) is 45.7 Å². The summed E-state index contributed by atoms with van der Waals surface area (Å²) in [5.74, 6) is 2.48. The number of benzene rings is 1. The number of rotatable bonds is 7. The van der Waals surface area contributed by atoms with Crippen LogP contribution in [0, 0.1) is 5.92 Å². The zero-order valence-electron chi connectivity index (χ0n) is 13.5. The molecule has 0 aliphatic rings. The number of halogens is 1. The van der Waals surface area contributed by atoms with Gasteiger partial charge in [-0.05, 0) is 36.5 Å². The van der Waals surface area contributed by atoms with Gasteiger partial charge in [0.15, 0.2) is 5.96 Å². The molecule has 21 heavy (non-hydrogen) atoms. The van der Waals surface area contributed by atoms with Crippen LogP contribution in [0.3, 0.4) is 0 Å². The van der Waals surface area contributed by atoms with Crippen LogP contribution >= 0.6 is 24.0 Å². The molecule has 0 spiro atoms. The van der Waals surface area contributed by atoms with Crippen LogP contribution in [0.1, 0.15) is 25.8 Å². The number of hydrogen-bond acceptors (Lipinski definition) is 2. The van der Waals surface area contributed by atoms with E-state index in [0.717, 1.165) is 37.6 Å². The lowest BCUT2D eigenvalue weighted by molar-refractivity contribution is 0.414. The summed E-state index contributed by atoms with van der Waals surface area (Å²) in [5, 5.41) is 6.65. The van der Waals surface area contributed by atoms with Gasteiger partial charge in [-0.3, -0.25) is 4.99 Å². The maximum absolute atomic E-state index is 5.15. The van der Waals surface area contributed by atoms with Crippen molar-refractivity contribution < 1.29 is 4.74 Å². The van der Waals surface area contributed by atoms with E-state index in [1.54, 1.807) is 14.2 Å². The fourth-order valence-corrected chi connectivity index (χ4v) is 1.82. The molecule has 2 N–H and O–H groups in total. The molecule has 1 rings (SSSR count). The first-order valence-electron chi connectivity index (χ1n) is 7.23. The minimum atomic E-state index is 0. The Balaban J connectivity index is 0.00000400. The quantitative estimate of drug-likeness (QED) is 0.417. The average molecular weight is 405 g/mol. The van der Waals surface area contributed by atoms with Gasteiger partial charge >= 0.3 is 0 Å². The number of ether oxygens (including phenoxy) is 1. The summed E-state index contributed by atoms with van der Waals surface area (Å²) in [5.41, 5.74) is 1.29. The third kappa shape index (κ3) is 8.80. The number of hydrogen-bond donors (Lipinski definition) is 2. The first-order valence-corrected chi connectivity index (χ1v) is 7.23. The van der Waals surface area contributed by atoms with Gasteiger partial charge in [-0.1, -0.05) is 26.0 Å². The zero-order valence-corrected chi connectivity index (χ0v) is 15.8. The highest BCUT2D eigenvalue weighted by atomic mass is 127. The highest BCUT2D eigenvalue weighted by Crippen LogP contribution is 2.11. The molecule has 0 saturated carbocycles. The lowest BCUT2D eigenvalue weighted by Gasteiger charge is -2.13. The summed E-state index contributed by atoms with van der Waals surface area (Å²) < 4.78 is 5.15. The lowest BCUT2D eigenvalue weighted by Crippen LogP contribution is -2.39.